The van der Waals surface area contributed by atoms with E-state index in [-0.39, 0.29) is 0 Å². The lowest BCUT2D eigenvalue weighted by molar-refractivity contribution is 0.936. The molecule has 2 aromatic rings. The number of hydrogen-bond donors (Lipinski definition) is 0. The van der Waals surface area contributed by atoms with Crippen LogP contribution in [0.4, 0.5) is 0 Å². The summed E-state index contributed by atoms with van der Waals surface area (Å²) in [5.41, 5.74) is 4.25. The van der Waals surface area contributed by atoms with Crippen molar-refractivity contribution in [1.82, 2.24) is 0 Å². The van der Waals surface area contributed by atoms with Crippen LogP contribution in [0.1, 0.15) is 31.3 Å². The summed E-state index contributed by atoms with van der Waals surface area (Å²) in [5, 5.41) is 0. The van der Waals surface area contributed by atoms with Gasteiger partial charge >= 0.3 is 0 Å². The van der Waals surface area contributed by atoms with Gasteiger partial charge in [-0.2, -0.15) is 0 Å². The Kier molecular flexibility index (Phi) is 4.05. The number of benzene rings is 1. The van der Waals surface area contributed by atoms with E-state index in [4.69, 9.17) is 0 Å². The summed E-state index contributed by atoms with van der Waals surface area (Å²) in [6, 6.07) is 10.9. The molecule has 90 valence electrons. The van der Waals surface area contributed by atoms with Crippen LogP contribution in [0.2, 0.25) is 0 Å². The zero-order valence-corrected chi connectivity index (χ0v) is 12.9. The predicted molar refractivity (Wildman–Crippen MR) is 80.3 cm³/mol. The van der Waals surface area contributed by atoms with E-state index < -0.39 is 0 Å². The van der Waals surface area contributed by atoms with Crippen LogP contribution in [0, 0.1) is 20.8 Å². The fraction of sp³-hybridized carbons (Fsp3) is 0.333. The van der Waals surface area contributed by atoms with Gasteiger partial charge in [0, 0.05) is 14.6 Å². The lowest BCUT2D eigenvalue weighted by Gasteiger charge is -2.11. The first-order valence-corrected chi connectivity index (χ1v) is 7.56. The maximum atomic E-state index is 3.83. The highest BCUT2D eigenvalue weighted by molar-refractivity contribution is 9.09. The zero-order chi connectivity index (χ0) is 12.4. The van der Waals surface area contributed by atoms with Crippen LogP contribution in [0.15, 0.2) is 30.3 Å². The first-order valence-electron chi connectivity index (χ1n) is 5.83. The average Bonchev–Trinajstić information content (AvgIpc) is 2.61. The molecule has 1 unspecified atom stereocenters. The Labute approximate surface area is 116 Å². The molecule has 0 aliphatic rings. The van der Waals surface area contributed by atoms with Crippen LogP contribution < -0.4 is 0 Å². The van der Waals surface area contributed by atoms with Gasteiger partial charge in [0.1, 0.15) is 0 Å². The molecule has 1 aromatic carbocycles. The van der Waals surface area contributed by atoms with E-state index in [0.717, 1.165) is 6.42 Å². The first-order chi connectivity index (χ1) is 8.08. The molecule has 1 heterocycles. The largest absolute Gasteiger partial charge is 0.146 e. The molecule has 0 saturated carbocycles. The van der Waals surface area contributed by atoms with Crippen molar-refractivity contribution in [3.05, 3.63) is 56.8 Å². The van der Waals surface area contributed by atoms with Gasteiger partial charge < -0.3 is 0 Å². The molecule has 0 aliphatic carbocycles. The number of alkyl halides is 1. The molecular formula is C15H17BrS. The minimum absolute atomic E-state index is 0.425. The Hall–Kier alpha value is -0.600. The highest BCUT2D eigenvalue weighted by Gasteiger charge is 2.14. The van der Waals surface area contributed by atoms with Crippen molar-refractivity contribution in [2.75, 3.05) is 0 Å². The van der Waals surface area contributed by atoms with Crippen molar-refractivity contribution in [3.63, 3.8) is 0 Å². The fourth-order valence-corrected chi connectivity index (χ4v) is 4.07. The monoisotopic (exact) mass is 308 g/mol. The second-order valence-electron chi connectivity index (χ2n) is 4.47. The Morgan fingerprint density at radius 3 is 2.47 bits per heavy atom. The van der Waals surface area contributed by atoms with Gasteiger partial charge in [-0.25, -0.2) is 0 Å². The normalized spacial score (nSPS) is 12.7. The van der Waals surface area contributed by atoms with Gasteiger partial charge in [0.2, 0.25) is 0 Å². The molecule has 0 fully saturated rings. The minimum atomic E-state index is 0.425. The predicted octanol–water partition coefficient (Wildman–Crippen LogP) is 5.35. The Bertz CT molecular complexity index is 513. The van der Waals surface area contributed by atoms with E-state index in [1.807, 2.05) is 11.3 Å². The molecular weight excluding hydrogens is 292 g/mol. The van der Waals surface area contributed by atoms with Crippen molar-refractivity contribution < 1.29 is 0 Å². The average molecular weight is 309 g/mol. The standard InChI is InChI=1S/C15H17BrS/c1-10-6-4-5-7-13(10)9-15(16)14-8-11(2)17-12(14)3/h4-8,15H,9H2,1-3H3. The Morgan fingerprint density at radius 2 is 1.88 bits per heavy atom. The van der Waals surface area contributed by atoms with E-state index in [2.05, 4.69) is 67.0 Å². The molecule has 0 N–H and O–H groups in total. The van der Waals surface area contributed by atoms with Gasteiger partial charge in [-0.15, -0.1) is 11.3 Å². The SMILES string of the molecule is Cc1cc(C(Br)Cc2ccccc2C)c(C)s1. The summed E-state index contributed by atoms with van der Waals surface area (Å²) >= 11 is 5.71. The van der Waals surface area contributed by atoms with Crippen molar-refractivity contribution in [2.24, 2.45) is 0 Å². The van der Waals surface area contributed by atoms with Gasteiger partial charge in [-0.3, -0.25) is 0 Å². The maximum Gasteiger partial charge on any atom is 0.0446 e. The molecule has 1 aromatic heterocycles. The van der Waals surface area contributed by atoms with Gasteiger partial charge in [0.25, 0.3) is 0 Å². The molecule has 1 atom stereocenters. The van der Waals surface area contributed by atoms with Crippen molar-refractivity contribution in [2.45, 2.75) is 32.0 Å². The third-order valence-corrected chi connectivity index (χ3v) is 4.88. The van der Waals surface area contributed by atoms with Crippen LogP contribution in [-0.2, 0) is 6.42 Å². The topological polar surface area (TPSA) is 0 Å². The van der Waals surface area contributed by atoms with E-state index in [9.17, 15) is 0 Å². The molecule has 17 heavy (non-hydrogen) atoms. The zero-order valence-electron chi connectivity index (χ0n) is 10.5. The summed E-state index contributed by atoms with van der Waals surface area (Å²) in [7, 11) is 0. The minimum Gasteiger partial charge on any atom is -0.146 e. The van der Waals surface area contributed by atoms with Crippen LogP contribution >= 0.6 is 27.3 Å². The second-order valence-corrected chi connectivity index (χ2v) is 7.03. The molecule has 2 rings (SSSR count). The van der Waals surface area contributed by atoms with Crippen molar-refractivity contribution in [3.8, 4) is 0 Å². The number of thiophene rings is 1. The summed E-state index contributed by atoms with van der Waals surface area (Å²) < 4.78 is 0. The summed E-state index contributed by atoms with van der Waals surface area (Å²) in [4.78, 5) is 3.25. The van der Waals surface area contributed by atoms with E-state index in [0.29, 0.717) is 4.83 Å². The van der Waals surface area contributed by atoms with Gasteiger partial charge in [-0.05, 0) is 49.9 Å². The summed E-state index contributed by atoms with van der Waals surface area (Å²) in [6.07, 6.45) is 1.06. The number of rotatable bonds is 3. The third-order valence-electron chi connectivity index (χ3n) is 3.08. The van der Waals surface area contributed by atoms with Crippen molar-refractivity contribution in [1.29, 1.82) is 0 Å². The molecule has 0 spiro atoms. The number of halogens is 1. The number of aryl methyl sites for hydroxylation is 3. The molecule has 0 radical (unpaired) electrons. The molecule has 0 amide bonds. The van der Waals surface area contributed by atoms with Gasteiger partial charge in [0.15, 0.2) is 0 Å². The van der Waals surface area contributed by atoms with E-state index >= 15 is 0 Å². The van der Waals surface area contributed by atoms with Crippen LogP contribution in [-0.4, -0.2) is 0 Å². The molecule has 0 nitrogen and oxygen atoms in total. The van der Waals surface area contributed by atoms with Crippen LogP contribution in [0.5, 0.6) is 0 Å². The van der Waals surface area contributed by atoms with Gasteiger partial charge in [0.05, 0.1) is 0 Å². The lowest BCUT2D eigenvalue weighted by Crippen LogP contribution is -1.97. The molecule has 0 aliphatic heterocycles. The van der Waals surface area contributed by atoms with Crippen LogP contribution in [0.25, 0.3) is 0 Å². The Morgan fingerprint density at radius 1 is 1.18 bits per heavy atom. The van der Waals surface area contributed by atoms with Crippen molar-refractivity contribution >= 4 is 27.3 Å². The van der Waals surface area contributed by atoms with E-state index in [1.165, 1.54) is 26.4 Å². The highest BCUT2D eigenvalue weighted by atomic mass is 79.9. The third kappa shape index (κ3) is 2.99. The highest BCUT2D eigenvalue weighted by Crippen LogP contribution is 2.34. The van der Waals surface area contributed by atoms with E-state index in [1.54, 1.807) is 0 Å². The van der Waals surface area contributed by atoms with Crippen LogP contribution in [0.3, 0.4) is 0 Å². The summed E-state index contributed by atoms with van der Waals surface area (Å²) in [5.74, 6) is 0. The number of hydrogen-bond acceptors (Lipinski definition) is 1. The second kappa shape index (κ2) is 5.36. The first kappa shape index (κ1) is 12.8. The maximum absolute atomic E-state index is 3.83. The lowest BCUT2D eigenvalue weighted by atomic mass is 10.0. The quantitative estimate of drug-likeness (QED) is 0.670. The fourth-order valence-electron chi connectivity index (χ4n) is 2.10. The van der Waals surface area contributed by atoms with Gasteiger partial charge in [-0.1, -0.05) is 40.2 Å². The molecule has 0 bridgehead atoms. The smallest absolute Gasteiger partial charge is 0.0446 e. The molecule has 0 saturated heterocycles. The summed E-state index contributed by atoms with van der Waals surface area (Å²) in [6.45, 7) is 6.56. The Balaban J connectivity index is 2.20. The molecule has 2 heteroatoms.